The lowest BCUT2D eigenvalue weighted by atomic mass is 10.1. The zero-order chi connectivity index (χ0) is 15.5. The highest BCUT2D eigenvalue weighted by atomic mass is 32.2. The standard InChI is InChI=1S/C14H19NO5S/c1-10-6-11(14(16)17)8-12(7-10)15-21(18,19)9-13-4-2-3-5-20-13/h6-8,13,15H,2-5,9H2,1H3,(H,16,17). The number of anilines is 1. The molecule has 1 aliphatic rings. The number of carbonyl (C=O) groups is 1. The van der Waals surface area contributed by atoms with Gasteiger partial charge in [0, 0.05) is 12.3 Å². The molecule has 6 nitrogen and oxygen atoms in total. The maximum absolute atomic E-state index is 12.1. The number of ether oxygens (including phenoxy) is 1. The van der Waals surface area contributed by atoms with Gasteiger partial charge in [0.05, 0.1) is 17.4 Å². The molecule has 0 spiro atoms. The van der Waals surface area contributed by atoms with Crippen LogP contribution in [0.2, 0.25) is 0 Å². The number of hydrogen-bond acceptors (Lipinski definition) is 4. The van der Waals surface area contributed by atoms with Gasteiger partial charge in [0.25, 0.3) is 0 Å². The fraction of sp³-hybridized carbons (Fsp3) is 0.500. The third kappa shape index (κ3) is 4.71. The fourth-order valence-electron chi connectivity index (χ4n) is 2.37. The van der Waals surface area contributed by atoms with Crippen molar-refractivity contribution in [2.24, 2.45) is 0 Å². The van der Waals surface area contributed by atoms with E-state index in [1.165, 1.54) is 12.1 Å². The molecule has 7 heteroatoms. The minimum absolute atomic E-state index is 0.0571. The van der Waals surface area contributed by atoms with Gasteiger partial charge in [-0.3, -0.25) is 4.72 Å². The van der Waals surface area contributed by atoms with Crippen LogP contribution in [-0.2, 0) is 14.8 Å². The zero-order valence-electron chi connectivity index (χ0n) is 11.8. The van der Waals surface area contributed by atoms with Crippen molar-refractivity contribution in [3.8, 4) is 0 Å². The molecule has 1 aliphatic heterocycles. The number of nitrogens with one attached hydrogen (secondary N) is 1. The van der Waals surface area contributed by atoms with Crippen molar-refractivity contribution in [2.45, 2.75) is 32.3 Å². The molecule has 2 rings (SSSR count). The van der Waals surface area contributed by atoms with Crippen LogP contribution in [0.3, 0.4) is 0 Å². The van der Waals surface area contributed by atoms with Crippen LogP contribution in [0.25, 0.3) is 0 Å². The second-order valence-corrected chi connectivity index (χ2v) is 7.03. The summed E-state index contributed by atoms with van der Waals surface area (Å²) in [5, 5.41) is 9.00. The Morgan fingerprint density at radius 3 is 2.76 bits per heavy atom. The maximum Gasteiger partial charge on any atom is 0.335 e. The molecule has 21 heavy (non-hydrogen) atoms. The van der Waals surface area contributed by atoms with Gasteiger partial charge in [-0.05, 0) is 49.9 Å². The van der Waals surface area contributed by atoms with Gasteiger partial charge in [0.2, 0.25) is 10.0 Å². The average Bonchev–Trinajstić information content (AvgIpc) is 2.37. The maximum atomic E-state index is 12.1. The predicted molar refractivity (Wildman–Crippen MR) is 79.1 cm³/mol. The van der Waals surface area contributed by atoms with Crippen molar-refractivity contribution >= 4 is 21.7 Å². The van der Waals surface area contributed by atoms with Crippen LogP contribution in [0, 0.1) is 6.92 Å². The molecule has 116 valence electrons. The lowest BCUT2D eigenvalue weighted by Gasteiger charge is -2.22. The normalized spacial score (nSPS) is 19.2. The lowest BCUT2D eigenvalue weighted by Crippen LogP contribution is -2.30. The molecule has 0 aliphatic carbocycles. The highest BCUT2D eigenvalue weighted by Gasteiger charge is 2.22. The molecule has 0 radical (unpaired) electrons. The Bertz CT molecular complexity index is 620. The Kier molecular flexibility index (Phi) is 4.84. The first-order valence-electron chi connectivity index (χ1n) is 6.83. The van der Waals surface area contributed by atoms with Gasteiger partial charge in [-0.1, -0.05) is 0 Å². The first kappa shape index (κ1) is 15.8. The van der Waals surface area contributed by atoms with E-state index < -0.39 is 16.0 Å². The first-order chi connectivity index (χ1) is 9.85. The molecule has 0 amide bonds. The molecular weight excluding hydrogens is 294 g/mol. The minimum atomic E-state index is -3.56. The van der Waals surface area contributed by atoms with Gasteiger partial charge >= 0.3 is 5.97 Å². The number of carboxylic acid groups (broad SMARTS) is 1. The summed E-state index contributed by atoms with van der Waals surface area (Å²) < 4.78 is 32.1. The molecule has 1 atom stereocenters. The van der Waals surface area contributed by atoms with E-state index >= 15 is 0 Å². The van der Waals surface area contributed by atoms with E-state index in [-0.39, 0.29) is 23.1 Å². The number of hydrogen-bond donors (Lipinski definition) is 2. The van der Waals surface area contributed by atoms with Crippen LogP contribution in [0.5, 0.6) is 0 Å². The second-order valence-electron chi connectivity index (χ2n) is 5.26. The zero-order valence-corrected chi connectivity index (χ0v) is 12.6. The van der Waals surface area contributed by atoms with Gasteiger partial charge in [0.1, 0.15) is 0 Å². The average molecular weight is 313 g/mol. The van der Waals surface area contributed by atoms with Crippen molar-refractivity contribution in [3.63, 3.8) is 0 Å². The molecular formula is C14H19NO5S. The molecule has 1 saturated heterocycles. The van der Waals surface area contributed by atoms with E-state index in [2.05, 4.69) is 4.72 Å². The molecule has 0 bridgehead atoms. The molecule has 2 N–H and O–H groups in total. The number of benzene rings is 1. The van der Waals surface area contributed by atoms with Gasteiger partial charge < -0.3 is 9.84 Å². The Labute approximate surface area is 124 Å². The molecule has 1 heterocycles. The van der Waals surface area contributed by atoms with Crippen molar-refractivity contribution in [1.82, 2.24) is 0 Å². The molecule has 1 aromatic rings. The van der Waals surface area contributed by atoms with E-state index in [1.807, 2.05) is 0 Å². The lowest BCUT2D eigenvalue weighted by molar-refractivity contribution is 0.0306. The summed E-state index contributed by atoms with van der Waals surface area (Å²) in [6.07, 6.45) is 2.37. The number of sulfonamides is 1. The van der Waals surface area contributed by atoms with Crippen molar-refractivity contribution < 1.29 is 23.1 Å². The Balaban J connectivity index is 2.10. The summed E-state index contributed by atoms with van der Waals surface area (Å²) in [4.78, 5) is 11.0. The van der Waals surface area contributed by atoms with Crippen LogP contribution >= 0.6 is 0 Å². The Morgan fingerprint density at radius 1 is 1.38 bits per heavy atom. The van der Waals surface area contributed by atoms with E-state index in [1.54, 1.807) is 13.0 Å². The number of aromatic carboxylic acids is 1. The summed E-state index contributed by atoms with van der Waals surface area (Å²) in [5.41, 5.74) is 1.01. The third-order valence-corrected chi connectivity index (χ3v) is 4.63. The smallest absolute Gasteiger partial charge is 0.335 e. The number of rotatable bonds is 5. The monoisotopic (exact) mass is 313 g/mol. The third-order valence-electron chi connectivity index (χ3n) is 3.28. The second kappa shape index (κ2) is 6.44. The molecule has 1 unspecified atom stereocenters. The summed E-state index contributed by atoms with van der Waals surface area (Å²) in [6.45, 7) is 2.31. The summed E-state index contributed by atoms with van der Waals surface area (Å²) in [6, 6.07) is 4.41. The van der Waals surface area contributed by atoms with Crippen molar-refractivity contribution in [1.29, 1.82) is 0 Å². The van der Waals surface area contributed by atoms with E-state index in [4.69, 9.17) is 9.84 Å². The van der Waals surface area contributed by atoms with Crippen LogP contribution in [0.4, 0.5) is 5.69 Å². The number of carboxylic acids is 1. The summed E-state index contributed by atoms with van der Waals surface area (Å²) >= 11 is 0. The molecule has 0 aromatic heterocycles. The first-order valence-corrected chi connectivity index (χ1v) is 8.48. The summed E-state index contributed by atoms with van der Waals surface area (Å²) in [5.74, 6) is -1.20. The molecule has 0 saturated carbocycles. The van der Waals surface area contributed by atoms with Crippen LogP contribution in [0.15, 0.2) is 18.2 Å². The van der Waals surface area contributed by atoms with Crippen LogP contribution < -0.4 is 4.72 Å². The summed E-state index contributed by atoms with van der Waals surface area (Å²) in [7, 11) is -3.56. The van der Waals surface area contributed by atoms with Crippen LogP contribution in [0.1, 0.15) is 35.2 Å². The Hall–Kier alpha value is -1.60. The van der Waals surface area contributed by atoms with Crippen LogP contribution in [-0.4, -0.2) is 38.0 Å². The van der Waals surface area contributed by atoms with Crippen molar-refractivity contribution in [3.05, 3.63) is 29.3 Å². The van der Waals surface area contributed by atoms with E-state index in [0.717, 1.165) is 19.3 Å². The van der Waals surface area contributed by atoms with Gasteiger partial charge in [-0.25, -0.2) is 13.2 Å². The van der Waals surface area contributed by atoms with Gasteiger partial charge in [0.15, 0.2) is 0 Å². The molecule has 1 aromatic carbocycles. The highest BCUT2D eigenvalue weighted by molar-refractivity contribution is 7.92. The van der Waals surface area contributed by atoms with Crippen molar-refractivity contribution in [2.75, 3.05) is 17.1 Å². The quantitative estimate of drug-likeness (QED) is 0.867. The largest absolute Gasteiger partial charge is 0.478 e. The van der Waals surface area contributed by atoms with Gasteiger partial charge in [-0.2, -0.15) is 0 Å². The Morgan fingerprint density at radius 2 is 2.14 bits per heavy atom. The molecule has 1 fully saturated rings. The van der Waals surface area contributed by atoms with Gasteiger partial charge in [-0.15, -0.1) is 0 Å². The highest BCUT2D eigenvalue weighted by Crippen LogP contribution is 2.19. The topological polar surface area (TPSA) is 92.7 Å². The van der Waals surface area contributed by atoms with E-state index in [0.29, 0.717) is 12.2 Å². The SMILES string of the molecule is Cc1cc(NS(=O)(=O)CC2CCCCO2)cc(C(=O)O)c1. The number of aryl methyl sites for hydroxylation is 1. The minimum Gasteiger partial charge on any atom is -0.478 e. The predicted octanol–water partition coefficient (Wildman–Crippen LogP) is 2.00. The van der Waals surface area contributed by atoms with E-state index in [9.17, 15) is 13.2 Å². The fourth-order valence-corrected chi connectivity index (χ4v) is 3.68.